The van der Waals surface area contributed by atoms with E-state index in [1.165, 1.54) is 12.1 Å². The summed E-state index contributed by atoms with van der Waals surface area (Å²) in [5.74, 6) is 1.27. The summed E-state index contributed by atoms with van der Waals surface area (Å²) in [5.41, 5.74) is 0.880. The highest BCUT2D eigenvalue weighted by molar-refractivity contribution is 5.45. The number of anilines is 2. The molecule has 0 atom stereocenters. The number of nitrogens with one attached hydrogen (secondary N) is 3. The lowest BCUT2D eigenvalue weighted by Gasteiger charge is -2.07. The summed E-state index contributed by atoms with van der Waals surface area (Å²) < 4.78 is 10.2. The summed E-state index contributed by atoms with van der Waals surface area (Å²) in [5, 5.41) is 9.45. The normalized spacial score (nSPS) is 10.1. The van der Waals surface area contributed by atoms with Gasteiger partial charge in [-0.05, 0) is 48.5 Å². The van der Waals surface area contributed by atoms with Gasteiger partial charge in [0.25, 0.3) is 0 Å². The van der Waals surface area contributed by atoms with Gasteiger partial charge in [0.05, 0.1) is 25.6 Å². The third-order valence-electron chi connectivity index (χ3n) is 3.86. The minimum absolute atomic E-state index is 0.0877. The first-order chi connectivity index (χ1) is 13.1. The molecule has 7 nitrogen and oxygen atoms in total. The van der Waals surface area contributed by atoms with E-state index in [1.807, 2.05) is 0 Å². The molecule has 2 rings (SSSR count). The molecule has 144 valence electrons. The average molecular weight is 371 g/mol. The molecular weight excluding hydrogens is 346 g/mol. The third-order valence-corrected chi connectivity index (χ3v) is 3.86. The molecule has 0 unspecified atom stereocenters. The second-order valence-corrected chi connectivity index (χ2v) is 5.71. The zero-order valence-corrected chi connectivity index (χ0v) is 15.6. The molecule has 3 N–H and O–H groups in total. The summed E-state index contributed by atoms with van der Waals surface area (Å²) in [7, 11) is 3.12. The van der Waals surface area contributed by atoms with Crippen LogP contribution in [-0.2, 0) is 0 Å². The van der Waals surface area contributed by atoms with Crippen molar-refractivity contribution in [2.24, 2.45) is 0 Å². The Balaban J connectivity index is 1.71. The van der Waals surface area contributed by atoms with Crippen molar-refractivity contribution < 1.29 is 9.47 Å². The molecule has 2 aromatic rings. The fourth-order valence-electron chi connectivity index (χ4n) is 2.36. The van der Waals surface area contributed by atoms with Crippen molar-refractivity contribution in [3.8, 4) is 11.5 Å². The van der Waals surface area contributed by atoms with Gasteiger partial charge in [-0.3, -0.25) is 9.59 Å². The molecule has 0 spiro atoms. The largest absolute Gasteiger partial charge is 0.497 e. The Morgan fingerprint density at radius 2 is 1.04 bits per heavy atom. The molecule has 0 radical (unpaired) electrons. The Labute approximate surface area is 158 Å². The molecule has 0 fully saturated rings. The van der Waals surface area contributed by atoms with Gasteiger partial charge < -0.3 is 25.4 Å². The highest BCUT2D eigenvalue weighted by Gasteiger charge is 1.99. The summed E-state index contributed by atoms with van der Waals surface area (Å²) >= 11 is 0. The smallest absolute Gasteiger partial charge is 0.201 e. The SMILES string of the molecule is COc1ccc(NCCNCCNc2ccc(OC)ccc2=O)c(=O)cc1. The first kappa shape index (κ1) is 20.3. The van der Waals surface area contributed by atoms with Gasteiger partial charge in [0.2, 0.25) is 10.9 Å². The van der Waals surface area contributed by atoms with Gasteiger partial charge in [-0.2, -0.15) is 0 Å². The zero-order chi connectivity index (χ0) is 19.5. The molecule has 0 bridgehead atoms. The molecule has 0 heterocycles. The van der Waals surface area contributed by atoms with Crippen LogP contribution in [0.3, 0.4) is 0 Å². The van der Waals surface area contributed by atoms with Gasteiger partial charge in [0, 0.05) is 26.2 Å². The number of methoxy groups -OCH3 is 2. The second kappa shape index (κ2) is 10.8. The van der Waals surface area contributed by atoms with Crippen molar-refractivity contribution in [3.05, 3.63) is 69.0 Å². The highest BCUT2D eigenvalue weighted by Crippen LogP contribution is 2.09. The molecule has 27 heavy (non-hydrogen) atoms. The monoisotopic (exact) mass is 371 g/mol. The van der Waals surface area contributed by atoms with Crippen molar-refractivity contribution in [2.75, 3.05) is 51.0 Å². The molecule has 0 amide bonds. The maximum atomic E-state index is 11.9. The Kier molecular flexibility index (Phi) is 8.12. The molecule has 7 heteroatoms. The topological polar surface area (TPSA) is 88.7 Å². The Bertz CT molecular complexity index is 788. The van der Waals surface area contributed by atoms with Crippen LogP contribution < -0.4 is 36.3 Å². The van der Waals surface area contributed by atoms with Gasteiger partial charge in [0.15, 0.2) is 0 Å². The van der Waals surface area contributed by atoms with Crippen molar-refractivity contribution in [1.82, 2.24) is 5.32 Å². The first-order valence-corrected chi connectivity index (χ1v) is 8.69. The molecule has 0 aromatic heterocycles. The van der Waals surface area contributed by atoms with Crippen LogP contribution in [-0.4, -0.2) is 40.4 Å². The molecule has 2 aromatic carbocycles. The van der Waals surface area contributed by atoms with Crippen molar-refractivity contribution in [3.63, 3.8) is 0 Å². The van der Waals surface area contributed by atoms with Crippen LogP contribution in [0.4, 0.5) is 11.4 Å². The van der Waals surface area contributed by atoms with E-state index in [-0.39, 0.29) is 10.9 Å². The van der Waals surface area contributed by atoms with Gasteiger partial charge in [-0.1, -0.05) is 0 Å². The van der Waals surface area contributed by atoms with Gasteiger partial charge in [-0.15, -0.1) is 0 Å². The quantitative estimate of drug-likeness (QED) is 0.546. The van der Waals surface area contributed by atoms with Crippen LogP contribution in [0.5, 0.6) is 11.5 Å². The van der Waals surface area contributed by atoms with E-state index in [4.69, 9.17) is 9.47 Å². The van der Waals surface area contributed by atoms with E-state index in [0.717, 1.165) is 0 Å². The standard InChI is InChI=1S/C20H25N3O4/c1-26-15-3-7-17(19(24)9-5-15)22-13-11-21-12-14-23-18-8-4-16(27-2)6-10-20(18)25/h3-10,21H,11-14H2,1-2H3,(H,22,24)(H,23,25). The van der Waals surface area contributed by atoms with Crippen LogP contribution in [0.2, 0.25) is 0 Å². The minimum atomic E-state index is -0.0877. The van der Waals surface area contributed by atoms with Crippen LogP contribution >= 0.6 is 0 Å². The summed E-state index contributed by atoms with van der Waals surface area (Å²) in [6, 6.07) is 13.2. The van der Waals surface area contributed by atoms with E-state index >= 15 is 0 Å². The number of hydrogen-bond donors (Lipinski definition) is 3. The summed E-state index contributed by atoms with van der Waals surface area (Å²) in [6.45, 7) is 2.56. The first-order valence-electron chi connectivity index (χ1n) is 8.69. The molecular formula is C20H25N3O4. The second-order valence-electron chi connectivity index (χ2n) is 5.71. The Morgan fingerprint density at radius 3 is 1.44 bits per heavy atom. The highest BCUT2D eigenvalue weighted by atomic mass is 16.5. The van der Waals surface area contributed by atoms with Crippen LogP contribution in [0.15, 0.2) is 58.1 Å². The lowest BCUT2D eigenvalue weighted by atomic mass is 10.4. The Morgan fingerprint density at radius 1 is 0.630 bits per heavy atom. The maximum Gasteiger partial charge on any atom is 0.201 e. The Hall–Kier alpha value is -3.06. The molecule has 0 aliphatic heterocycles. The molecule has 0 saturated heterocycles. The van der Waals surface area contributed by atoms with E-state index in [1.54, 1.807) is 50.6 Å². The van der Waals surface area contributed by atoms with Gasteiger partial charge in [0.1, 0.15) is 11.5 Å². The zero-order valence-electron chi connectivity index (χ0n) is 15.6. The lowest BCUT2D eigenvalue weighted by Crippen LogP contribution is -2.28. The average Bonchev–Trinajstić information content (AvgIpc) is 2.97. The van der Waals surface area contributed by atoms with Crippen molar-refractivity contribution in [2.45, 2.75) is 0 Å². The van der Waals surface area contributed by atoms with E-state index < -0.39 is 0 Å². The fraction of sp³-hybridized carbons (Fsp3) is 0.300. The molecule has 0 aliphatic rings. The number of rotatable bonds is 10. The fourth-order valence-corrected chi connectivity index (χ4v) is 2.36. The van der Waals surface area contributed by atoms with Gasteiger partial charge in [-0.25, -0.2) is 0 Å². The van der Waals surface area contributed by atoms with E-state index in [2.05, 4.69) is 16.0 Å². The summed E-state index contributed by atoms with van der Waals surface area (Å²) in [6.07, 6.45) is 0. The van der Waals surface area contributed by atoms with E-state index in [0.29, 0.717) is 49.1 Å². The third kappa shape index (κ3) is 6.63. The molecule has 0 saturated carbocycles. The van der Waals surface area contributed by atoms with Crippen molar-refractivity contribution >= 4 is 11.4 Å². The van der Waals surface area contributed by atoms with Crippen LogP contribution in [0, 0.1) is 0 Å². The van der Waals surface area contributed by atoms with Crippen molar-refractivity contribution in [1.29, 1.82) is 0 Å². The number of hydrogen-bond acceptors (Lipinski definition) is 7. The lowest BCUT2D eigenvalue weighted by molar-refractivity contribution is 0.415. The predicted molar refractivity (Wildman–Crippen MR) is 108 cm³/mol. The van der Waals surface area contributed by atoms with Crippen LogP contribution in [0.1, 0.15) is 0 Å². The number of ether oxygens (including phenoxy) is 2. The predicted octanol–water partition coefficient (Wildman–Crippen LogP) is 1.54. The maximum absolute atomic E-state index is 11.9. The summed E-state index contributed by atoms with van der Waals surface area (Å²) in [4.78, 5) is 23.9. The molecule has 0 aliphatic carbocycles. The van der Waals surface area contributed by atoms with Gasteiger partial charge >= 0.3 is 0 Å². The van der Waals surface area contributed by atoms with E-state index in [9.17, 15) is 9.59 Å². The van der Waals surface area contributed by atoms with Crippen LogP contribution in [0.25, 0.3) is 0 Å². The minimum Gasteiger partial charge on any atom is -0.497 e.